The Labute approximate surface area is 149 Å². The monoisotopic (exact) mass is 350 g/mol. The number of thiocarbonyl (C=S) groups is 1. The van der Waals surface area contributed by atoms with Gasteiger partial charge >= 0.3 is 0 Å². The summed E-state index contributed by atoms with van der Waals surface area (Å²) >= 11 is 5.73. The smallest absolute Gasteiger partial charge is 0.0868 e. The minimum Gasteiger partial charge on any atom is -0.379 e. The summed E-state index contributed by atoms with van der Waals surface area (Å²) in [6.45, 7) is 8.65. The molecule has 2 aliphatic heterocycles. The fourth-order valence-electron chi connectivity index (χ4n) is 3.01. The Morgan fingerprint density at radius 2 is 1.75 bits per heavy atom. The Morgan fingerprint density at radius 3 is 2.38 bits per heavy atom. The number of nitrogens with zero attached hydrogens (tertiary/aromatic N) is 3. The SMILES string of the molecule is S=C(NCN1CCOCC1)C(CN1CCOCC1)c1ccccn1. The standard InChI is InChI=1S/C17H26N4O2S/c24-17(19-14-21-7-11-23-12-8-21)15(16-3-1-2-4-18-16)13-20-5-9-22-10-6-20/h1-4,15H,5-14H2,(H,19,24). The van der Waals surface area contributed by atoms with Gasteiger partial charge in [-0.3, -0.25) is 14.8 Å². The van der Waals surface area contributed by atoms with Gasteiger partial charge in [-0.15, -0.1) is 0 Å². The number of aromatic nitrogens is 1. The summed E-state index contributed by atoms with van der Waals surface area (Å²) in [5.41, 5.74) is 1.03. The molecule has 6 nitrogen and oxygen atoms in total. The summed E-state index contributed by atoms with van der Waals surface area (Å²) in [7, 11) is 0. The lowest BCUT2D eigenvalue weighted by Gasteiger charge is -2.32. The van der Waals surface area contributed by atoms with Crippen molar-refractivity contribution in [3.63, 3.8) is 0 Å². The highest BCUT2D eigenvalue weighted by Gasteiger charge is 2.23. The van der Waals surface area contributed by atoms with Crippen LogP contribution in [0.5, 0.6) is 0 Å². The van der Waals surface area contributed by atoms with Crippen LogP contribution in [-0.2, 0) is 9.47 Å². The van der Waals surface area contributed by atoms with E-state index < -0.39 is 0 Å². The summed E-state index contributed by atoms with van der Waals surface area (Å²) < 4.78 is 10.8. The van der Waals surface area contributed by atoms with Crippen LogP contribution in [0.2, 0.25) is 0 Å². The van der Waals surface area contributed by atoms with Crippen molar-refractivity contribution in [1.29, 1.82) is 0 Å². The van der Waals surface area contributed by atoms with Crippen molar-refractivity contribution in [2.24, 2.45) is 0 Å². The van der Waals surface area contributed by atoms with Gasteiger partial charge in [0.1, 0.15) is 0 Å². The molecule has 2 fully saturated rings. The highest BCUT2D eigenvalue weighted by molar-refractivity contribution is 7.80. The maximum absolute atomic E-state index is 5.73. The zero-order valence-electron chi connectivity index (χ0n) is 14.0. The van der Waals surface area contributed by atoms with Gasteiger partial charge in [0.15, 0.2) is 0 Å². The molecule has 1 unspecified atom stereocenters. The number of hydrogen-bond acceptors (Lipinski definition) is 6. The maximum Gasteiger partial charge on any atom is 0.0868 e. The molecule has 0 aromatic carbocycles. The molecule has 1 atom stereocenters. The molecule has 132 valence electrons. The van der Waals surface area contributed by atoms with Crippen molar-refractivity contribution in [2.75, 3.05) is 65.8 Å². The second-order valence-electron chi connectivity index (χ2n) is 6.15. The second-order valence-corrected chi connectivity index (χ2v) is 6.59. The third-order valence-corrected chi connectivity index (χ3v) is 4.92. The Balaban J connectivity index is 1.60. The molecule has 2 saturated heterocycles. The molecule has 0 bridgehead atoms. The first kappa shape index (κ1) is 17.7. The van der Waals surface area contributed by atoms with Crippen LogP contribution in [0.15, 0.2) is 24.4 Å². The molecule has 1 aromatic heterocycles. The molecule has 7 heteroatoms. The molecule has 0 spiro atoms. The fraction of sp³-hybridized carbons (Fsp3) is 0.647. The molecule has 0 aliphatic carbocycles. The Morgan fingerprint density at radius 1 is 1.08 bits per heavy atom. The minimum absolute atomic E-state index is 0.111. The van der Waals surface area contributed by atoms with E-state index in [2.05, 4.69) is 26.2 Å². The van der Waals surface area contributed by atoms with Crippen LogP contribution >= 0.6 is 12.2 Å². The molecule has 0 amide bonds. The lowest BCUT2D eigenvalue weighted by Crippen LogP contribution is -2.46. The highest BCUT2D eigenvalue weighted by atomic mass is 32.1. The molecule has 0 saturated carbocycles. The summed E-state index contributed by atoms with van der Waals surface area (Å²) in [5, 5.41) is 3.44. The van der Waals surface area contributed by atoms with Crippen LogP contribution in [-0.4, -0.2) is 85.6 Å². The van der Waals surface area contributed by atoms with Gasteiger partial charge in [-0.2, -0.15) is 0 Å². The van der Waals surface area contributed by atoms with E-state index in [-0.39, 0.29) is 5.92 Å². The van der Waals surface area contributed by atoms with Gasteiger partial charge in [-0.05, 0) is 12.1 Å². The number of morpholine rings is 2. The van der Waals surface area contributed by atoms with Crippen molar-refractivity contribution in [3.8, 4) is 0 Å². The molecule has 2 aliphatic rings. The van der Waals surface area contributed by atoms with E-state index in [1.807, 2.05) is 18.3 Å². The average Bonchev–Trinajstić information content (AvgIpc) is 2.66. The maximum atomic E-state index is 5.73. The molecule has 1 N–H and O–H groups in total. The van der Waals surface area contributed by atoms with E-state index in [0.29, 0.717) is 0 Å². The van der Waals surface area contributed by atoms with E-state index in [0.717, 1.165) is 76.5 Å². The fourth-order valence-corrected chi connectivity index (χ4v) is 3.27. The number of hydrogen-bond donors (Lipinski definition) is 1. The second kappa shape index (κ2) is 9.39. The van der Waals surface area contributed by atoms with E-state index in [9.17, 15) is 0 Å². The zero-order chi connectivity index (χ0) is 16.6. The van der Waals surface area contributed by atoms with Crippen LogP contribution in [0.3, 0.4) is 0 Å². The van der Waals surface area contributed by atoms with Crippen molar-refractivity contribution in [2.45, 2.75) is 5.92 Å². The normalized spacial score (nSPS) is 21.3. The van der Waals surface area contributed by atoms with E-state index in [4.69, 9.17) is 21.7 Å². The van der Waals surface area contributed by atoms with E-state index in [1.165, 1.54) is 0 Å². The predicted octanol–water partition coefficient (Wildman–Crippen LogP) is 0.704. The molecule has 24 heavy (non-hydrogen) atoms. The third-order valence-electron chi connectivity index (χ3n) is 4.49. The van der Waals surface area contributed by atoms with Crippen molar-refractivity contribution >= 4 is 17.2 Å². The van der Waals surface area contributed by atoms with Crippen LogP contribution in [0.4, 0.5) is 0 Å². The Kier molecular flexibility index (Phi) is 6.92. The summed E-state index contributed by atoms with van der Waals surface area (Å²) in [6.07, 6.45) is 1.84. The topological polar surface area (TPSA) is 49.9 Å². The van der Waals surface area contributed by atoms with Crippen LogP contribution < -0.4 is 5.32 Å². The van der Waals surface area contributed by atoms with Gasteiger partial charge in [0.2, 0.25) is 0 Å². The Hall–Kier alpha value is -1.12. The number of rotatable bonds is 6. The lowest BCUT2D eigenvalue weighted by atomic mass is 10.0. The quantitative estimate of drug-likeness (QED) is 0.758. The van der Waals surface area contributed by atoms with Crippen LogP contribution in [0.1, 0.15) is 11.6 Å². The van der Waals surface area contributed by atoms with Gasteiger partial charge in [-0.1, -0.05) is 18.3 Å². The van der Waals surface area contributed by atoms with Gasteiger partial charge in [0.05, 0.1) is 49.7 Å². The molecular formula is C17H26N4O2S. The van der Waals surface area contributed by atoms with Crippen molar-refractivity contribution in [3.05, 3.63) is 30.1 Å². The van der Waals surface area contributed by atoms with Crippen molar-refractivity contribution in [1.82, 2.24) is 20.1 Å². The third kappa shape index (κ3) is 5.19. The molecule has 3 rings (SSSR count). The van der Waals surface area contributed by atoms with Gasteiger partial charge in [-0.25, -0.2) is 0 Å². The predicted molar refractivity (Wildman–Crippen MR) is 97.2 cm³/mol. The highest BCUT2D eigenvalue weighted by Crippen LogP contribution is 2.17. The van der Waals surface area contributed by atoms with Crippen LogP contribution in [0.25, 0.3) is 0 Å². The number of pyridine rings is 1. The number of nitrogens with one attached hydrogen (secondary N) is 1. The Bertz CT molecular complexity index is 505. The van der Waals surface area contributed by atoms with Crippen LogP contribution in [0, 0.1) is 0 Å². The summed E-state index contributed by atoms with van der Waals surface area (Å²) in [5.74, 6) is 0.111. The lowest BCUT2D eigenvalue weighted by molar-refractivity contribution is 0.0352. The first-order valence-electron chi connectivity index (χ1n) is 8.62. The van der Waals surface area contributed by atoms with E-state index >= 15 is 0 Å². The summed E-state index contributed by atoms with van der Waals surface area (Å²) in [6, 6.07) is 6.03. The molecule has 3 heterocycles. The average molecular weight is 350 g/mol. The van der Waals surface area contributed by atoms with Crippen molar-refractivity contribution < 1.29 is 9.47 Å². The largest absolute Gasteiger partial charge is 0.379 e. The van der Waals surface area contributed by atoms with Gasteiger partial charge in [0.25, 0.3) is 0 Å². The molecule has 0 radical (unpaired) electrons. The van der Waals surface area contributed by atoms with Gasteiger partial charge < -0.3 is 14.8 Å². The molecular weight excluding hydrogens is 324 g/mol. The first-order chi connectivity index (χ1) is 11.8. The van der Waals surface area contributed by atoms with E-state index in [1.54, 1.807) is 0 Å². The van der Waals surface area contributed by atoms with Gasteiger partial charge in [0, 0.05) is 38.9 Å². The minimum atomic E-state index is 0.111. The zero-order valence-corrected chi connectivity index (χ0v) is 14.8. The summed E-state index contributed by atoms with van der Waals surface area (Å²) in [4.78, 5) is 10.2. The first-order valence-corrected chi connectivity index (χ1v) is 9.02. The molecule has 1 aromatic rings. The number of ether oxygens (including phenoxy) is 2.